The van der Waals surface area contributed by atoms with Gasteiger partial charge in [0.1, 0.15) is 6.04 Å². The highest BCUT2D eigenvalue weighted by Gasteiger charge is 2.33. The van der Waals surface area contributed by atoms with E-state index < -0.39 is 52.2 Å². The fraction of sp³-hybridized carbons (Fsp3) is 0.556. The van der Waals surface area contributed by atoms with Gasteiger partial charge in [-0.25, -0.2) is 44.1 Å². The van der Waals surface area contributed by atoms with E-state index in [1.807, 2.05) is 29.1 Å². The van der Waals surface area contributed by atoms with Gasteiger partial charge in [-0.3, -0.25) is 13.2 Å². The number of benzene rings is 7. The second-order valence-electron chi connectivity index (χ2n) is 41.1. The van der Waals surface area contributed by atoms with E-state index in [0.29, 0.717) is 35.9 Å². The molecule has 0 bridgehead atoms. The van der Waals surface area contributed by atoms with Crippen molar-refractivity contribution in [1.82, 2.24) is 28.5 Å². The Balaban J connectivity index is 0.000000195. The molecule has 3 aliphatic heterocycles. The number of hydrogen-bond donors (Lipinski definition) is 12. The molecule has 7 fully saturated rings. The zero-order chi connectivity index (χ0) is 102. The molecule has 7 aromatic carbocycles. The van der Waals surface area contributed by atoms with Gasteiger partial charge in [-0.05, 0) is 382 Å². The fourth-order valence-corrected chi connectivity index (χ4v) is 22.1. The number of hydrogen-bond acceptors (Lipinski definition) is 23. The second-order valence-corrected chi connectivity index (χ2v) is 50.8. The monoisotopic (exact) mass is 2120 g/mol. The Bertz CT molecular complexity index is 5630. The quantitative estimate of drug-likeness (QED) is 0.0174. The topological polar surface area (TPSA) is 433 Å². The van der Waals surface area contributed by atoms with Crippen LogP contribution in [0.4, 0.5) is 51.2 Å². The molecule has 17 rings (SSSR count). The van der Waals surface area contributed by atoms with Crippen molar-refractivity contribution in [2.45, 2.75) is 292 Å². The van der Waals surface area contributed by atoms with Crippen LogP contribution in [0.15, 0.2) is 201 Å². The molecule has 0 radical (unpaired) electrons. The third kappa shape index (κ3) is 38.3. The summed E-state index contributed by atoms with van der Waals surface area (Å²) in [6.07, 6.45) is 31.3. The first kappa shape index (κ1) is 119. The average molecular weight is 2120 g/mol. The number of carbonyl (C=O) groups is 1. The third-order valence-electron chi connectivity index (χ3n) is 28.6. The number of sulfonamides is 3. The lowest BCUT2D eigenvalue weighted by atomic mass is 9.86. The normalized spacial score (nSPS) is 22.5. The summed E-state index contributed by atoms with van der Waals surface area (Å²) in [7, 11) is -9.51. The summed E-state index contributed by atoms with van der Waals surface area (Å²) in [5.41, 5.74) is 38.9. The summed E-state index contributed by atoms with van der Waals surface area (Å²) in [5.74, 6) is 3.04. The van der Waals surface area contributed by atoms with Gasteiger partial charge in [0.15, 0.2) is 0 Å². The fourth-order valence-electron chi connectivity index (χ4n) is 19.2. The molecule has 29 nitrogen and oxygen atoms in total. The lowest BCUT2D eigenvalue weighted by molar-refractivity contribution is -0.119. The maximum atomic E-state index is 12.1. The Morgan fingerprint density at radius 2 is 0.750 bits per heavy atom. The van der Waals surface area contributed by atoms with Gasteiger partial charge in [-0.15, -0.1) is 24.8 Å². The van der Waals surface area contributed by atoms with E-state index in [1.165, 1.54) is 77.7 Å². The SMILES string of the molecule is CC(C)S(=O)(=O)NC1CCC(CNc2ccc(-n3ccc4ccccc43)cc2)CC1.CC(C)S(=O)(=O)NC1CCC(CNc2ccc(-n3cccn3)cc2)CC1.CC(C)S(=O)(=O)NC1CCC(CNc2ccc(N3CCc4ccccc43)cc2)CC1.CC(C)S(=O)[O-].CC(C)S(=O)[O-].Cl.Cl.NC(=O)[C@@H]1CCCN1c1ccc(NCC2CCC(N)CC2)cc1.NC1CCC(CNc2ccc(N3CCC(N)C3)cc2)CC1. The standard InChI is InChI=1S/C24H33N3O2S.C24H31N3O2S.C19H28N4O2S.C18H28N4O.C17H28N4.2C3H8O2S.2ClH/c2*1-18(2)30(28,29)26-22-9-7-19(8-10-22)17-25-21-11-13-23(14-12-21)27-16-15-20-5-3-4-6-24(20)27;1-15(2)26(24,25)22-18-6-4-16(5-7-18)14-20-17-8-10-19(11-9-17)23-13-3-12-21-23;19-14-5-3-13(4-6-14)12-21-15-7-9-16(10-8-15)22-11-1-2-17(22)18(20)23;18-14-3-1-13(2-4-14)11-20-16-5-7-17(8-6-16)21-10-9-15(19)12-21;2*1-3(2)6(4)5;;/h3-6,11-14,18-19,22,25-26H,7-10,15-17H2,1-2H3;3-6,11-16,18-19,22,25-26H,7-10,17H2,1-2H3;3,8-13,15-16,18,20,22H,4-7,14H2,1-2H3;7-10,13-14,17,21H,1-6,11-12,19H2,(H2,20,23);5-8,13-15,20H,1-4,9-12,18-19H2;2*3H,1-2H3,(H,4,5);2*1H/p-2/t;;;13?,14?,17-;;;;;/m...0...../s1. The number of primary amides is 1. The van der Waals surface area contributed by atoms with Crippen LogP contribution in [0.2, 0.25) is 0 Å². The lowest BCUT2D eigenvalue weighted by Crippen LogP contribution is -2.41. The number of halogens is 2. The van der Waals surface area contributed by atoms with Crippen molar-refractivity contribution in [3.05, 3.63) is 206 Å². The number of aromatic nitrogens is 3. The summed E-state index contributed by atoms with van der Waals surface area (Å²) < 4.78 is 124. The summed E-state index contributed by atoms with van der Waals surface area (Å²) in [6, 6.07) is 65.0. The van der Waals surface area contributed by atoms with Gasteiger partial charge >= 0.3 is 0 Å². The Kier molecular flexibility index (Phi) is 48.9. The average Bonchev–Trinajstić information content (AvgIpc) is 1.65. The van der Waals surface area contributed by atoms with E-state index in [9.17, 15) is 47.6 Å². The molecule has 0 spiro atoms. The highest BCUT2D eigenvalue weighted by Crippen LogP contribution is 2.38. The first-order valence-electron chi connectivity index (χ1n) is 51.8. The summed E-state index contributed by atoms with van der Waals surface area (Å²) in [6.45, 7) is 25.7. The number of fused-ring (bicyclic) bond motifs is 2. The van der Waals surface area contributed by atoms with Crippen LogP contribution >= 0.6 is 24.8 Å². The van der Waals surface area contributed by atoms with Crippen LogP contribution in [0.3, 0.4) is 0 Å². The second kappa shape index (κ2) is 59.1. The number of nitrogens with two attached hydrogens (primary N) is 4. The van der Waals surface area contributed by atoms with Crippen LogP contribution in [0.25, 0.3) is 22.3 Å². The van der Waals surface area contributed by atoms with E-state index in [2.05, 4.69) is 235 Å². The Labute approximate surface area is 876 Å². The highest BCUT2D eigenvalue weighted by atomic mass is 35.5. The molecular formula is C108H164Cl2N18O11S5-2. The number of nitrogens with one attached hydrogen (secondary N) is 8. The maximum Gasteiger partial charge on any atom is 0.240 e. The maximum absolute atomic E-state index is 12.1. The molecule has 1 amide bonds. The van der Waals surface area contributed by atoms with E-state index in [1.54, 1.807) is 75.4 Å². The van der Waals surface area contributed by atoms with Gasteiger partial charge in [0.25, 0.3) is 0 Å². The van der Waals surface area contributed by atoms with Crippen molar-refractivity contribution in [2.75, 3.05) is 100 Å². The van der Waals surface area contributed by atoms with Gasteiger partial charge in [-0.1, -0.05) is 86.3 Å². The smallest absolute Gasteiger partial charge is 0.240 e. The van der Waals surface area contributed by atoms with E-state index in [0.717, 1.165) is 226 Å². The molecule has 5 saturated carbocycles. The largest absolute Gasteiger partial charge is 0.772 e. The van der Waals surface area contributed by atoms with Gasteiger partial charge in [0.05, 0.1) is 27.0 Å². The third-order valence-corrected chi connectivity index (χ3v) is 35.9. The van der Waals surface area contributed by atoms with Gasteiger partial charge in [-0.2, -0.15) is 5.10 Å². The summed E-state index contributed by atoms with van der Waals surface area (Å²) in [4.78, 5) is 18.4. The molecule has 36 heteroatoms. The number of carbonyl (C=O) groups excluding carboxylic acids is 1. The molecule has 4 atom stereocenters. The first-order chi connectivity index (χ1) is 67.9. The van der Waals surface area contributed by atoms with Crippen molar-refractivity contribution >= 4 is 145 Å². The van der Waals surface area contributed by atoms with Crippen LogP contribution in [0.5, 0.6) is 0 Å². The van der Waals surface area contributed by atoms with E-state index in [-0.39, 0.29) is 81.1 Å². The van der Waals surface area contributed by atoms with Crippen molar-refractivity contribution in [2.24, 2.45) is 52.5 Å². The van der Waals surface area contributed by atoms with Crippen LogP contribution in [-0.2, 0) is 63.4 Å². The highest BCUT2D eigenvalue weighted by molar-refractivity contribution is 7.90. The van der Waals surface area contributed by atoms with Crippen molar-refractivity contribution < 1.29 is 47.6 Å². The van der Waals surface area contributed by atoms with E-state index >= 15 is 0 Å². The minimum Gasteiger partial charge on any atom is -0.772 e. The van der Waals surface area contributed by atoms with Crippen LogP contribution in [0, 0.1) is 29.6 Å². The number of rotatable bonds is 32. The molecule has 144 heavy (non-hydrogen) atoms. The van der Waals surface area contributed by atoms with Crippen LogP contribution < -0.4 is 78.4 Å². The molecule has 798 valence electrons. The zero-order valence-electron chi connectivity index (χ0n) is 86.0. The Morgan fingerprint density at radius 1 is 0.396 bits per heavy atom. The predicted octanol–water partition coefficient (Wildman–Crippen LogP) is 18.4. The number of nitrogens with zero attached hydrogens (tertiary/aromatic N) is 6. The molecule has 5 heterocycles. The lowest BCUT2D eigenvalue weighted by Gasteiger charge is -2.29. The van der Waals surface area contributed by atoms with Crippen molar-refractivity contribution in [1.29, 1.82) is 0 Å². The first-order valence-corrected chi connectivity index (χ1v) is 58.7. The van der Waals surface area contributed by atoms with Gasteiger partial charge < -0.3 is 77.9 Å². The molecule has 5 aliphatic carbocycles. The molecule has 3 unspecified atom stereocenters. The van der Waals surface area contributed by atoms with Crippen molar-refractivity contribution in [3.8, 4) is 11.4 Å². The van der Waals surface area contributed by atoms with Crippen LogP contribution in [0.1, 0.15) is 222 Å². The Morgan fingerprint density at radius 3 is 1.11 bits per heavy atom. The van der Waals surface area contributed by atoms with Crippen molar-refractivity contribution in [3.63, 3.8) is 0 Å². The molecule has 2 saturated heterocycles. The predicted molar refractivity (Wildman–Crippen MR) is 601 cm³/mol. The summed E-state index contributed by atoms with van der Waals surface area (Å²) >= 11 is -3.73. The van der Waals surface area contributed by atoms with Gasteiger partial charge in [0, 0.05) is 181 Å². The van der Waals surface area contributed by atoms with Gasteiger partial charge in [0.2, 0.25) is 36.0 Å². The molecule has 8 aliphatic rings. The Hall–Kier alpha value is -8.43. The number of para-hydroxylation sites is 2. The minimum atomic E-state index is -3.17. The molecule has 2 aromatic heterocycles. The van der Waals surface area contributed by atoms with Crippen LogP contribution in [-0.4, -0.2) is 190 Å². The zero-order valence-corrected chi connectivity index (χ0v) is 91.8. The summed E-state index contributed by atoms with van der Waals surface area (Å²) in [5, 5.41) is 21.6. The van der Waals surface area contributed by atoms with E-state index in [4.69, 9.17) is 22.9 Å². The molecule has 16 N–H and O–H groups in total. The molecular weight excluding hydrogens is 1960 g/mol. The minimum absolute atomic E-state index is 0. The number of amides is 1. The molecule has 9 aromatic rings. The number of anilines is 9.